The number of carbonyl (C=O) groups is 2. The SMILES string of the molecule is CCNC(=O)[C@@H](C)N(Cc1cccc(C)c1)C(=O)CN(c1ccc2c(c1)OCCO2)S(C)(=O)=O. The number of fused-ring (bicyclic) bond motifs is 1. The van der Waals surface area contributed by atoms with E-state index in [1.165, 1.54) is 4.90 Å². The van der Waals surface area contributed by atoms with Gasteiger partial charge in [0.2, 0.25) is 21.8 Å². The van der Waals surface area contributed by atoms with E-state index in [0.29, 0.717) is 31.3 Å². The Labute approximate surface area is 200 Å². The van der Waals surface area contributed by atoms with E-state index in [2.05, 4.69) is 5.32 Å². The molecule has 0 unspecified atom stereocenters. The molecule has 2 aromatic rings. The Morgan fingerprint density at radius 1 is 1.09 bits per heavy atom. The Kier molecular flexibility index (Phi) is 8.03. The second kappa shape index (κ2) is 10.8. The average molecular weight is 490 g/mol. The number of sulfonamides is 1. The number of aryl methyl sites for hydroxylation is 1. The minimum atomic E-state index is -3.82. The standard InChI is InChI=1S/C24H31N3O6S/c1-5-25-24(29)18(3)26(15-19-8-6-7-17(2)13-19)23(28)16-27(34(4,30)31)20-9-10-21-22(14-20)33-12-11-32-21/h6-10,13-14,18H,5,11-12,15-16H2,1-4H3,(H,25,29)/t18-/m1/s1. The highest BCUT2D eigenvalue weighted by atomic mass is 32.2. The molecule has 0 bridgehead atoms. The number of rotatable bonds is 9. The molecule has 9 nitrogen and oxygen atoms in total. The Balaban J connectivity index is 1.92. The van der Waals surface area contributed by atoms with Crippen LogP contribution in [0, 0.1) is 6.92 Å². The summed E-state index contributed by atoms with van der Waals surface area (Å²) in [6, 6.07) is 11.6. The molecule has 10 heteroatoms. The second-order valence-corrected chi connectivity index (χ2v) is 10.1. The van der Waals surface area contributed by atoms with Gasteiger partial charge in [-0.15, -0.1) is 0 Å². The number of hydrogen-bond donors (Lipinski definition) is 1. The van der Waals surface area contributed by atoms with Crippen molar-refractivity contribution in [2.24, 2.45) is 0 Å². The summed E-state index contributed by atoms with van der Waals surface area (Å²) in [7, 11) is -3.82. The third-order valence-electron chi connectivity index (χ3n) is 5.45. The molecule has 184 valence electrons. The fourth-order valence-electron chi connectivity index (χ4n) is 3.71. The topological polar surface area (TPSA) is 105 Å². The highest BCUT2D eigenvalue weighted by Crippen LogP contribution is 2.34. The largest absolute Gasteiger partial charge is 0.486 e. The molecule has 1 N–H and O–H groups in total. The van der Waals surface area contributed by atoms with Crippen LogP contribution in [-0.2, 0) is 26.2 Å². The van der Waals surface area contributed by atoms with E-state index >= 15 is 0 Å². The normalized spacial score (nSPS) is 13.6. The Morgan fingerprint density at radius 3 is 2.44 bits per heavy atom. The number of nitrogens with zero attached hydrogens (tertiary/aromatic N) is 2. The Morgan fingerprint density at radius 2 is 1.79 bits per heavy atom. The summed E-state index contributed by atoms with van der Waals surface area (Å²) in [5.74, 6) is 0.118. The number of anilines is 1. The molecule has 1 heterocycles. The number of nitrogens with one attached hydrogen (secondary N) is 1. The summed E-state index contributed by atoms with van der Waals surface area (Å²) in [6.45, 7) is 6.25. The lowest BCUT2D eigenvalue weighted by Crippen LogP contribution is -2.51. The zero-order valence-electron chi connectivity index (χ0n) is 19.9. The van der Waals surface area contributed by atoms with Gasteiger partial charge in [-0.1, -0.05) is 29.8 Å². The monoisotopic (exact) mass is 489 g/mol. The minimum absolute atomic E-state index is 0.164. The van der Waals surface area contributed by atoms with Crippen LogP contribution in [0.25, 0.3) is 0 Å². The maximum Gasteiger partial charge on any atom is 0.244 e. The third kappa shape index (κ3) is 6.19. The van der Waals surface area contributed by atoms with Crippen LogP contribution >= 0.6 is 0 Å². The second-order valence-electron chi connectivity index (χ2n) is 8.18. The highest BCUT2D eigenvalue weighted by molar-refractivity contribution is 7.92. The fourth-order valence-corrected chi connectivity index (χ4v) is 4.55. The molecule has 3 rings (SSSR count). The zero-order chi connectivity index (χ0) is 24.9. The summed E-state index contributed by atoms with van der Waals surface area (Å²) < 4.78 is 37.4. The number of hydrogen-bond acceptors (Lipinski definition) is 6. The van der Waals surface area contributed by atoms with Crippen molar-refractivity contribution >= 4 is 27.5 Å². The van der Waals surface area contributed by atoms with Crippen LogP contribution in [0.4, 0.5) is 5.69 Å². The van der Waals surface area contributed by atoms with E-state index in [1.54, 1.807) is 32.0 Å². The van der Waals surface area contributed by atoms with E-state index in [9.17, 15) is 18.0 Å². The molecule has 0 fully saturated rings. The summed E-state index contributed by atoms with van der Waals surface area (Å²) in [5.41, 5.74) is 2.14. The molecule has 2 amide bonds. The Hall–Kier alpha value is -3.27. The first kappa shape index (κ1) is 25.4. The lowest BCUT2D eigenvalue weighted by atomic mass is 10.1. The van der Waals surface area contributed by atoms with Crippen LogP contribution in [0.5, 0.6) is 11.5 Å². The van der Waals surface area contributed by atoms with Crippen molar-refractivity contribution in [1.82, 2.24) is 10.2 Å². The summed E-state index contributed by atoms with van der Waals surface area (Å²) in [5, 5.41) is 2.73. The summed E-state index contributed by atoms with van der Waals surface area (Å²) >= 11 is 0. The number of ether oxygens (including phenoxy) is 2. The molecule has 0 saturated carbocycles. The fraction of sp³-hybridized carbons (Fsp3) is 0.417. The van der Waals surface area contributed by atoms with Crippen molar-refractivity contribution in [2.75, 3.05) is 36.9 Å². The van der Waals surface area contributed by atoms with Crippen molar-refractivity contribution in [3.63, 3.8) is 0 Å². The van der Waals surface area contributed by atoms with Crippen molar-refractivity contribution < 1.29 is 27.5 Å². The molecule has 0 radical (unpaired) electrons. The molecular formula is C24H31N3O6S. The van der Waals surface area contributed by atoms with Crippen molar-refractivity contribution in [3.8, 4) is 11.5 Å². The van der Waals surface area contributed by atoms with Gasteiger partial charge in [-0.3, -0.25) is 13.9 Å². The van der Waals surface area contributed by atoms with Crippen LogP contribution < -0.4 is 19.1 Å². The van der Waals surface area contributed by atoms with Crippen LogP contribution in [-0.4, -0.2) is 63.7 Å². The minimum Gasteiger partial charge on any atom is -0.486 e. The smallest absolute Gasteiger partial charge is 0.244 e. The van der Waals surface area contributed by atoms with Gasteiger partial charge < -0.3 is 19.7 Å². The number of amides is 2. The van der Waals surface area contributed by atoms with Gasteiger partial charge in [-0.25, -0.2) is 8.42 Å². The van der Waals surface area contributed by atoms with Crippen molar-refractivity contribution in [2.45, 2.75) is 33.4 Å². The maximum atomic E-state index is 13.5. The van der Waals surface area contributed by atoms with Crippen LogP contribution in [0.3, 0.4) is 0 Å². The molecule has 34 heavy (non-hydrogen) atoms. The third-order valence-corrected chi connectivity index (χ3v) is 6.59. The molecule has 0 aliphatic carbocycles. The van der Waals surface area contributed by atoms with Crippen LogP contribution in [0.15, 0.2) is 42.5 Å². The molecule has 2 aromatic carbocycles. The van der Waals surface area contributed by atoms with Crippen molar-refractivity contribution in [1.29, 1.82) is 0 Å². The molecule has 1 aliphatic rings. The van der Waals surface area contributed by atoms with Gasteiger partial charge in [0.25, 0.3) is 0 Å². The first-order chi connectivity index (χ1) is 16.1. The van der Waals surface area contributed by atoms with Crippen LogP contribution in [0.2, 0.25) is 0 Å². The lowest BCUT2D eigenvalue weighted by molar-refractivity contribution is -0.139. The molecule has 0 aromatic heterocycles. The molecule has 0 spiro atoms. The zero-order valence-corrected chi connectivity index (χ0v) is 20.7. The summed E-state index contributed by atoms with van der Waals surface area (Å²) in [6.07, 6.45) is 1.04. The van der Waals surface area contributed by atoms with E-state index in [-0.39, 0.29) is 18.1 Å². The molecular weight excluding hydrogens is 458 g/mol. The van der Waals surface area contributed by atoms with Crippen LogP contribution in [0.1, 0.15) is 25.0 Å². The van der Waals surface area contributed by atoms with E-state index < -0.39 is 28.5 Å². The van der Waals surface area contributed by atoms with Crippen molar-refractivity contribution in [3.05, 3.63) is 53.6 Å². The van der Waals surface area contributed by atoms with E-state index in [0.717, 1.165) is 21.7 Å². The predicted octanol–water partition coefficient (Wildman–Crippen LogP) is 2.09. The van der Waals surface area contributed by atoms with Gasteiger partial charge in [0.15, 0.2) is 11.5 Å². The molecule has 0 saturated heterocycles. The average Bonchev–Trinajstić information content (AvgIpc) is 2.79. The van der Waals surface area contributed by atoms with Gasteiger partial charge in [0.05, 0.1) is 11.9 Å². The lowest BCUT2D eigenvalue weighted by Gasteiger charge is -2.31. The Bertz CT molecular complexity index is 1150. The first-order valence-corrected chi connectivity index (χ1v) is 12.9. The molecule has 1 aliphatic heterocycles. The predicted molar refractivity (Wildman–Crippen MR) is 129 cm³/mol. The van der Waals surface area contributed by atoms with Gasteiger partial charge in [0.1, 0.15) is 25.8 Å². The number of benzene rings is 2. The van der Waals surface area contributed by atoms with E-state index in [4.69, 9.17) is 9.47 Å². The van der Waals surface area contributed by atoms with Gasteiger partial charge >= 0.3 is 0 Å². The number of carbonyl (C=O) groups excluding carboxylic acids is 2. The van der Waals surface area contributed by atoms with Gasteiger partial charge in [-0.05, 0) is 38.5 Å². The summed E-state index contributed by atoms with van der Waals surface area (Å²) in [4.78, 5) is 27.5. The van der Waals surface area contributed by atoms with E-state index in [1.807, 2.05) is 31.2 Å². The highest BCUT2D eigenvalue weighted by Gasteiger charge is 2.30. The quantitative estimate of drug-likeness (QED) is 0.578. The number of likely N-dealkylation sites (N-methyl/N-ethyl adjacent to an activating group) is 1. The molecule has 1 atom stereocenters. The maximum absolute atomic E-state index is 13.5. The van der Waals surface area contributed by atoms with Gasteiger partial charge in [0, 0.05) is 19.2 Å². The van der Waals surface area contributed by atoms with Gasteiger partial charge in [-0.2, -0.15) is 0 Å². The first-order valence-electron chi connectivity index (χ1n) is 11.1.